The maximum Gasteiger partial charge on any atom is 0.404 e. The number of Topliss-reactive ketones (excluding diaryl/α,β-unsaturated/α-hetero) is 3. The van der Waals surface area contributed by atoms with Crippen LogP contribution in [0.5, 0.6) is 0 Å². The summed E-state index contributed by atoms with van der Waals surface area (Å²) in [5.41, 5.74) is 14.1. The van der Waals surface area contributed by atoms with Crippen molar-refractivity contribution in [1.82, 2.24) is 56.4 Å². The summed E-state index contributed by atoms with van der Waals surface area (Å²) >= 11 is 0.873. The van der Waals surface area contributed by atoms with Crippen LogP contribution < -0.4 is 49.0 Å². The van der Waals surface area contributed by atoms with Crippen molar-refractivity contribution in [3.8, 4) is 0 Å². The lowest BCUT2D eigenvalue weighted by molar-refractivity contribution is -0.143. The number of H-pyrrole nitrogens is 1. The molecule has 7 atom stereocenters. The summed E-state index contributed by atoms with van der Waals surface area (Å²) in [6.45, 7) is 4.01. The molecule has 3 saturated heterocycles. The molecule has 0 radical (unpaired) electrons. The number of thioether (sulfide) groups is 1. The van der Waals surface area contributed by atoms with Gasteiger partial charge >= 0.3 is 18.0 Å². The molecular formula is C54H65N15O16S3. The number of nitrogens with two attached hydrogens (primary N) is 2. The number of benzene rings is 1. The molecule has 5 aliphatic rings. The quantitative estimate of drug-likeness (QED) is 0.00699. The van der Waals surface area contributed by atoms with Gasteiger partial charge in [0.2, 0.25) is 41.1 Å². The van der Waals surface area contributed by atoms with E-state index >= 15 is 0 Å². The summed E-state index contributed by atoms with van der Waals surface area (Å²) in [7, 11) is 4.50. The number of anilines is 2. The van der Waals surface area contributed by atoms with Crippen LogP contribution >= 0.6 is 33.3 Å². The van der Waals surface area contributed by atoms with E-state index in [1.165, 1.54) is 47.0 Å². The van der Waals surface area contributed by atoms with E-state index in [9.17, 15) is 67.7 Å². The molecule has 1 aromatic carbocycles. The van der Waals surface area contributed by atoms with Gasteiger partial charge in [-0.2, -0.15) is 10.1 Å². The van der Waals surface area contributed by atoms with Crippen molar-refractivity contribution >= 4 is 127 Å². The molecular weight excluding hydrogens is 1210 g/mol. The summed E-state index contributed by atoms with van der Waals surface area (Å²) < 4.78 is 11.2. The number of primary amides is 1. The van der Waals surface area contributed by atoms with Gasteiger partial charge in [-0.15, -0.1) is 11.8 Å². The third-order valence-electron chi connectivity index (χ3n) is 15.1. The molecule has 34 heteroatoms. The van der Waals surface area contributed by atoms with Gasteiger partial charge in [-0.3, -0.25) is 57.8 Å². The number of hydrogen-bond donors (Lipinski definition) is 11. The Morgan fingerprint density at radius 1 is 0.932 bits per heavy atom. The first-order valence-electron chi connectivity index (χ1n) is 27.7. The first-order valence-corrected chi connectivity index (χ1v) is 31.3. The summed E-state index contributed by atoms with van der Waals surface area (Å²) in [6, 6.07) is 4.38. The molecule has 31 nitrogen and oxygen atoms in total. The van der Waals surface area contributed by atoms with E-state index in [0.29, 0.717) is 48.2 Å². The van der Waals surface area contributed by atoms with Crippen LogP contribution in [0.3, 0.4) is 0 Å². The molecule has 4 unspecified atom stereocenters. The van der Waals surface area contributed by atoms with E-state index in [2.05, 4.69) is 57.0 Å². The van der Waals surface area contributed by atoms with Crippen molar-refractivity contribution in [2.24, 2.45) is 22.7 Å². The minimum Gasteiger partial charge on any atom is -0.481 e. The predicted octanol–water partition coefficient (Wildman–Crippen LogP) is -0.455. The van der Waals surface area contributed by atoms with Crippen LogP contribution in [0.25, 0.3) is 11.2 Å². The molecule has 88 heavy (non-hydrogen) atoms. The van der Waals surface area contributed by atoms with Crippen LogP contribution in [0.15, 0.2) is 62.9 Å². The van der Waals surface area contributed by atoms with Crippen molar-refractivity contribution in [1.29, 1.82) is 0 Å². The molecule has 6 heterocycles. The smallest absolute Gasteiger partial charge is 0.404 e. The highest BCUT2D eigenvalue weighted by Crippen LogP contribution is 2.55. The number of fused-ring (bicyclic) bond motifs is 5. The first-order chi connectivity index (χ1) is 42.0. The van der Waals surface area contributed by atoms with Gasteiger partial charge in [-0.05, 0) is 51.0 Å². The minimum absolute atomic E-state index is 0.000406. The number of likely N-dealkylation sites (tertiary alicyclic amines) is 1. The maximum absolute atomic E-state index is 14.0. The third kappa shape index (κ3) is 15.4. The van der Waals surface area contributed by atoms with E-state index < -0.39 is 94.7 Å². The normalized spacial score (nSPS) is 21.0. The SMILES string of the molecule is CO[C@@]12C(COC(N)=O)C3=C(C(=O)C(C)=C(NCCSSCCNC(=O)CC/C(C)=N/NC(=O)CCN4C(=O)CC(SC[C@H](CC(=O)CC[C@H](NC(=O)c5ccc(NCc6cnc7nc(N)[nH]c(=O)c7n6)cc5)C(=O)O)C(=O)O)C4=O)C3=O)N1CC1NC12. The minimum atomic E-state index is -1.50. The Morgan fingerprint density at radius 3 is 2.38 bits per heavy atom. The molecule has 0 saturated carbocycles. The number of nitrogens with one attached hydrogen (secondary N) is 7. The van der Waals surface area contributed by atoms with Gasteiger partial charge in [-0.1, -0.05) is 21.6 Å². The number of rotatable bonds is 33. The molecule has 470 valence electrons. The number of carboxylic acids is 2. The van der Waals surface area contributed by atoms with Crippen LogP contribution in [-0.2, 0) is 59.2 Å². The predicted molar refractivity (Wildman–Crippen MR) is 320 cm³/mol. The Kier molecular flexibility index (Phi) is 21.6. The molecule has 2 aromatic heterocycles. The molecule has 8 rings (SSSR count). The monoisotopic (exact) mass is 1280 g/mol. The van der Waals surface area contributed by atoms with Crippen LogP contribution in [0.4, 0.5) is 16.4 Å². The molecule has 3 aromatic rings. The van der Waals surface area contributed by atoms with Gasteiger partial charge in [0.05, 0.1) is 53.0 Å². The number of allylic oxidation sites excluding steroid dienone is 2. The number of carboxylic acid groups (broad SMARTS) is 2. The second-order valence-electron chi connectivity index (χ2n) is 21.0. The van der Waals surface area contributed by atoms with Gasteiger partial charge in [-0.25, -0.2) is 25.0 Å². The average molecular weight is 1280 g/mol. The average Bonchev–Trinajstić information content (AvgIpc) is 1.51. The Balaban J connectivity index is 0.670. The van der Waals surface area contributed by atoms with Crippen molar-refractivity contribution in [2.45, 2.75) is 94.4 Å². The summed E-state index contributed by atoms with van der Waals surface area (Å²) in [4.78, 5) is 170. The number of hydrogen-bond acceptors (Lipinski definition) is 26. The van der Waals surface area contributed by atoms with E-state index in [1.54, 1.807) is 26.0 Å². The largest absolute Gasteiger partial charge is 0.481 e. The molecule has 6 amide bonds. The number of nitrogens with zero attached hydrogens (tertiary/aromatic N) is 6. The first kappa shape index (κ1) is 65.5. The maximum atomic E-state index is 14.0. The van der Waals surface area contributed by atoms with Gasteiger partial charge in [0, 0.05) is 117 Å². The van der Waals surface area contributed by atoms with Crippen molar-refractivity contribution in [2.75, 3.05) is 68.2 Å². The van der Waals surface area contributed by atoms with E-state index in [4.69, 9.17) is 20.9 Å². The molecule has 0 spiro atoms. The van der Waals surface area contributed by atoms with Gasteiger partial charge in [0.15, 0.2) is 16.9 Å². The number of carbonyl (C=O) groups excluding carboxylic acids is 9. The lowest BCUT2D eigenvalue weighted by Gasteiger charge is -2.39. The number of amides is 6. The summed E-state index contributed by atoms with van der Waals surface area (Å²) in [6.07, 6.45) is -1.12. The van der Waals surface area contributed by atoms with Crippen LogP contribution in [0.2, 0.25) is 0 Å². The van der Waals surface area contributed by atoms with E-state index in [1.807, 2.05) is 4.90 Å². The summed E-state index contributed by atoms with van der Waals surface area (Å²) in [5.74, 6) is -8.13. The standard InChI is InChI=1S/C54H65N15O16S3/c1-25(4-11-36(71)57-13-16-87-88-17-14-58-40-26(2)43(74)42-39(44(40)75)32(23-85-53(56)83)54(84-3)45-34(62-45)22-69(42)54)66-67-37(72)12-15-68-38(73)19-35(49(68)78)86-24-28(50(79)80)18-31(70)9-10-33(51(81)82)63-47(76)27-5-7-29(8-6-27)59-20-30-21-60-46-41(61-30)48(77)65-52(55)64-46/h5-8,21,28,32-35,45,58-59,62H,4,9-20,22-24H2,1-3H3,(H2,56,83)(H,57,71)(H,63,76)(H,67,72)(H,79,80)(H,81,82)(H3,55,60,64,65,77)/b66-25+/t28-,32?,33-,34?,35?,45?,54+/m0/s1. The van der Waals surface area contributed by atoms with Gasteiger partial charge in [0.25, 0.3) is 11.5 Å². The number of aliphatic carboxylic acids is 2. The Bertz CT molecular complexity index is 3470. The topological polar surface area (TPSA) is 471 Å². The Morgan fingerprint density at radius 2 is 1.67 bits per heavy atom. The highest BCUT2D eigenvalue weighted by atomic mass is 33.1. The van der Waals surface area contributed by atoms with Crippen LogP contribution in [0.1, 0.15) is 74.8 Å². The fourth-order valence-electron chi connectivity index (χ4n) is 10.6. The molecule has 3 fully saturated rings. The van der Waals surface area contributed by atoms with E-state index in [-0.39, 0.29) is 132 Å². The fourth-order valence-corrected chi connectivity index (χ4v) is 13.6. The highest BCUT2D eigenvalue weighted by Gasteiger charge is 2.72. The number of ketones is 3. The van der Waals surface area contributed by atoms with Crippen LogP contribution in [-0.4, -0.2) is 197 Å². The van der Waals surface area contributed by atoms with E-state index in [0.717, 1.165) is 16.7 Å². The number of methoxy groups -OCH3 is 1. The highest BCUT2D eigenvalue weighted by molar-refractivity contribution is 8.76. The van der Waals surface area contributed by atoms with Crippen molar-refractivity contribution in [3.63, 3.8) is 0 Å². The number of hydrazone groups is 1. The molecule has 1 aliphatic carbocycles. The zero-order valence-corrected chi connectivity index (χ0v) is 50.3. The van der Waals surface area contributed by atoms with Crippen molar-refractivity contribution in [3.05, 3.63) is 74.6 Å². The summed E-state index contributed by atoms with van der Waals surface area (Å²) in [5, 5.41) is 37.5. The van der Waals surface area contributed by atoms with Gasteiger partial charge in [0.1, 0.15) is 18.4 Å². The number of aromatic amines is 1. The molecule has 0 bridgehead atoms. The Labute approximate surface area is 513 Å². The fraction of sp³-hybridized carbons (Fsp3) is 0.481. The molecule has 13 N–H and O–H groups in total. The Hall–Kier alpha value is -8.47. The lowest BCUT2D eigenvalue weighted by Crippen LogP contribution is -2.55. The number of ether oxygens (including phenoxy) is 2. The third-order valence-corrected chi connectivity index (χ3v) is 18.9. The zero-order chi connectivity index (χ0) is 63.6. The second kappa shape index (κ2) is 29.0. The van der Waals surface area contributed by atoms with Crippen LogP contribution in [0, 0.1) is 11.8 Å². The zero-order valence-electron chi connectivity index (χ0n) is 47.8. The number of imide groups is 1. The molecule has 4 aliphatic heterocycles. The van der Waals surface area contributed by atoms with Crippen molar-refractivity contribution < 1.29 is 72.4 Å². The number of aromatic nitrogens is 4. The number of nitrogen functional groups attached to an aromatic ring is 1. The van der Waals surface area contributed by atoms with Gasteiger partial charge < -0.3 is 62.6 Å². The lowest BCUT2D eigenvalue weighted by atomic mass is 9.82. The number of carbonyl (C=O) groups is 11. The number of piperazine rings is 1. The second-order valence-corrected chi connectivity index (χ2v) is 24.9.